The molecule has 0 unspecified atom stereocenters. The van der Waals surface area contributed by atoms with Crippen molar-refractivity contribution >= 4 is 16.8 Å². The van der Waals surface area contributed by atoms with Crippen molar-refractivity contribution in [2.24, 2.45) is 0 Å². The quantitative estimate of drug-likeness (QED) is 0.563. The van der Waals surface area contributed by atoms with Crippen molar-refractivity contribution in [1.82, 2.24) is 19.4 Å². The largest absolute Gasteiger partial charge is 0.264 e. The van der Waals surface area contributed by atoms with E-state index < -0.39 is 0 Å². The highest BCUT2D eigenvalue weighted by molar-refractivity contribution is 5.80. The molecule has 4 rings (SSSR count). The number of benzene rings is 2. The highest BCUT2D eigenvalue weighted by Crippen LogP contribution is 2.23. The Morgan fingerprint density at radius 1 is 0.909 bits per heavy atom. The van der Waals surface area contributed by atoms with Gasteiger partial charge in [-0.3, -0.25) is 4.40 Å². The summed E-state index contributed by atoms with van der Waals surface area (Å²) in [6, 6.07) is 16.3. The van der Waals surface area contributed by atoms with Crippen LogP contribution in [-0.2, 0) is 6.42 Å². The predicted molar refractivity (Wildman–Crippen MR) is 87.8 cm³/mol. The normalized spacial score (nSPS) is 11.4. The van der Waals surface area contributed by atoms with Gasteiger partial charge in [0.25, 0.3) is 0 Å². The number of para-hydroxylation sites is 2. The van der Waals surface area contributed by atoms with E-state index in [0.717, 1.165) is 34.7 Å². The molecular weight excluding hydrogens is 272 g/mol. The molecule has 0 bridgehead atoms. The predicted octanol–water partition coefficient (Wildman–Crippen LogP) is 3.82. The molecule has 4 aromatic rings. The molecule has 0 aliphatic rings. The average Bonchev–Trinajstić information content (AvgIpc) is 2.93. The third-order valence-corrected chi connectivity index (χ3v) is 3.94. The maximum absolute atomic E-state index is 4.78. The third-order valence-electron chi connectivity index (χ3n) is 3.94. The highest BCUT2D eigenvalue weighted by atomic mass is 15.2. The maximum Gasteiger partial charge on any atom is 0.238 e. The average molecular weight is 288 g/mol. The van der Waals surface area contributed by atoms with Gasteiger partial charge in [0.2, 0.25) is 5.78 Å². The molecule has 0 spiro atoms. The molecule has 0 atom stereocenters. The minimum absolute atomic E-state index is 0.714. The standard InChI is InChI=1S/C18H16N4/c1-3-16-20-17(13-9-5-4-8-12(13)2)21-18-19-14-10-6-7-11-15(14)22(16)18/h4-11H,3H2,1-2H3. The minimum atomic E-state index is 0.714. The number of fused-ring (bicyclic) bond motifs is 3. The zero-order valence-corrected chi connectivity index (χ0v) is 12.6. The van der Waals surface area contributed by atoms with Crippen molar-refractivity contribution < 1.29 is 0 Å². The lowest BCUT2D eigenvalue weighted by Gasteiger charge is -2.08. The van der Waals surface area contributed by atoms with Crippen molar-refractivity contribution in [2.75, 3.05) is 0 Å². The van der Waals surface area contributed by atoms with Gasteiger partial charge in [0, 0.05) is 12.0 Å². The third kappa shape index (κ3) is 1.88. The second kappa shape index (κ2) is 4.91. The Hall–Kier alpha value is -2.75. The van der Waals surface area contributed by atoms with Crippen LogP contribution in [0.5, 0.6) is 0 Å². The zero-order valence-electron chi connectivity index (χ0n) is 12.6. The van der Waals surface area contributed by atoms with E-state index in [9.17, 15) is 0 Å². The summed E-state index contributed by atoms with van der Waals surface area (Å²) in [5, 5.41) is 0. The number of rotatable bonds is 2. The molecule has 0 N–H and O–H groups in total. The van der Waals surface area contributed by atoms with Crippen LogP contribution in [0.15, 0.2) is 48.5 Å². The summed E-state index contributed by atoms with van der Waals surface area (Å²) in [6.45, 7) is 4.19. The Morgan fingerprint density at radius 2 is 1.68 bits per heavy atom. The summed E-state index contributed by atoms with van der Waals surface area (Å²) in [5.41, 5.74) is 4.25. The van der Waals surface area contributed by atoms with Gasteiger partial charge >= 0.3 is 0 Å². The number of aromatic nitrogens is 4. The zero-order chi connectivity index (χ0) is 15.1. The Kier molecular flexibility index (Phi) is 2.89. The summed E-state index contributed by atoms with van der Waals surface area (Å²) in [6.07, 6.45) is 0.832. The Labute approximate surface area is 128 Å². The molecule has 4 nitrogen and oxygen atoms in total. The molecule has 0 amide bonds. The van der Waals surface area contributed by atoms with Gasteiger partial charge in [-0.2, -0.15) is 4.98 Å². The van der Waals surface area contributed by atoms with Crippen molar-refractivity contribution in [1.29, 1.82) is 0 Å². The number of imidazole rings is 1. The summed E-state index contributed by atoms with van der Waals surface area (Å²) in [4.78, 5) is 14.1. The maximum atomic E-state index is 4.78. The molecule has 0 saturated carbocycles. The number of nitrogens with zero attached hydrogens (tertiary/aromatic N) is 4. The number of hydrogen-bond acceptors (Lipinski definition) is 3. The van der Waals surface area contributed by atoms with Crippen LogP contribution in [0.3, 0.4) is 0 Å². The SMILES string of the molecule is CCc1nc(-c2ccccc2C)nc2nc3ccccc3n12. The van der Waals surface area contributed by atoms with Gasteiger partial charge in [-0.15, -0.1) is 0 Å². The molecule has 0 radical (unpaired) electrons. The summed E-state index contributed by atoms with van der Waals surface area (Å²) in [7, 11) is 0. The summed E-state index contributed by atoms with van der Waals surface area (Å²) in [5.74, 6) is 2.45. The molecule has 108 valence electrons. The minimum Gasteiger partial charge on any atom is -0.264 e. The van der Waals surface area contributed by atoms with Crippen LogP contribution in [0.25, 0.3) is 28.2 Å². The Morgan fingerprint density at radius 3 is 2.50 bits per heavy atom. The molecule has 2 heterocycles. The van der Waals surface area contributed by atoms with Gasteiger partial charge in [0.05, 0.1) is 11.0 Å². The van der Waals surface area contributed by atoms with Gasteiger partial charge in [0.15, 0.2) is 5.82 Å². The van der Waals surface area contributed by atoms with E-state index in [2.05, 4.69) is 41.4 Å². The summed E-state index contributed by atoms with van der Waals surface area (Å²) < 4.78 is 2.05. The lowest BCUT2D eigenvalue weighted by atomic mass is 10.1. The highest BCUT2D eigenvalue weighted by Gasteiger charge is 2.13. The van der Waals surface area contributed by atoms with E-state index in [1.54, 1.807) is 0 Å². The number of aryl methyl sites for hydroxylation is 2. The lowest BCUT2D eigenvalue weighted by molar-refractivity contribution is 0.884. The first-order valence-electron chi connectivity index (χ1n) is 7.48. The molecule has 2 aromatic carbocycles. The first-order chi connectivity index (χ1) is 10.8. The van der Waals surface area contributed by atoms with Crippen LogP contribution in [0.2, 0.25) is 0 Å². The Balaban J connectivity index is 2.07. The number of hydrogen-bond donors (Lipinski definition) is 0. The van der Waals surface area contributed by atoms with E-state index in [-0.39, 0.29) is 0 Å². The topological polar surface area (TPSA) is 43.1 Å². The first-order valence-corrected chi connectivity index (χ1v) is 7.48. The fourth-order valence-electron chi connectivity index (χ4n) is 2.82. The molecule has 0 aliphatic heterocycles. The van der Waals surface area contributed by atoms with Gasteiger partial charge in [-0.05, 0) is 24.6 Å². The van der Waals surface area contributed by atoms with E-state index in [1.165, 1.54) is 5.56 Å². The lowest BCUT2D eigenvalue weighted by Crippen LogP contribution is -2.04. The van der Waals surface area contributed by atoms with Gasteiger partial charge < -0.3 is 0 Å². The van der Waals surface area contributed by atoms with E-state index in [4.69, 9.17) is 9.97 Å². The molecule has 0 saturated heterocycles. The second-order valence-corrected chi connectivity index (χ2v) is 5.37. The van der Waals surface area contributed by atoms with Crippen LogP contribution < -0.4 is 0 Å². The van der Waals surface area contributed by atoms with Crippen LogP contribution in [0, 0.1) is 6.92 Å². The van der Waals surface area contributed by atoms with Gasteiger partial charge in [-0.25, -0.2) is 9.97 Å². The molecule has 2 aromatic heterocycles. The van der Waals surface area contributed by atoms with E-state index in [1.807, 2.05) is 30.3 Å². The van der Waals surface area contributed by atoms with E-state index in [0.29, 0.717) is 5.78 Å². The van der Waals surface area contributed by atoms with E-state index >= 15 is 0 Å². The molecular formula is C18H16N4. The summed E-state index contributed by atoms with van der Waals surface area (Å²) >= 11 is 0. The van der Waals surface area contributed by atoms with Gasteiger partial charge in [-0.1, -0.05) is 43.3 Å². The van der Waals surface area contributed by atoms with Crippen LogP contribution in [-0.4, -0.2) is 19.4 Å². The molecule has 4 heteroatoms. The molecule has 22 heavy (non-hydrogen) atoms. The monoisotopic (exact) mass is 288 g/mol. The second-order valence-electron chi connectivity index (χ2n) is 5.37. The fraction of sp³-hybridized carbons (Fsp3) is 0.167. The van der Waals surface area contributed by atoms with Crippen molar-refractivity contribution in [3.05, 3.63) is 59.9 Å². The van der Waals surface area contributed by atoms with Crippen LogP contribution in [0.1, 0.15) is 18.3 Å². The van der Waals surface area contributed by atoms with Gasteiger partial charge in [0.1, 0.15) is 5.82 Å². The Bertz CT molecular complexity index is 985. The fourth-order valence-corrected chi connectivity index (χ4v) is 2.82. The smallest absolute Gasteiger partial charge is 0.238 e. The van der Waals surface area contributed by atoms with Crippen LogP contribution >= 0.6 is 0 Å². The molecule has 0 fully saturated rings. The molecule has 0 aliphatic carbocycles. The van der Waals surface area contributed by atoms with Crippen molar-refractivity contribution in [2.45, 2.75) is 20.3 Å². The first kappa shape index (κ1) is 13.0. The van der Waals surface area contributed by atoms with Crippen molar-refractivity contribution in [3.8, 4) is 11.4 Å². The van der Waals surface area contributed by atoms with Crippen LogP contribution in [0.4, 0.5) is 0 Å². The van der Waals surface area contributed by atoms with Crippen molar-refractivity contribution in [3.63, 3.8) is 0 Å².